The predicted molar refractivity (Wildman–Crippen MR) is 34.2 cm³/mol. The van der Waals surface area contributed by atoms with Gasteiger partial charge in [-0.15, -0.1) is 0 Å². The lowest BCUT2D eigenvalue weighted by Crippen LogP contribution is -2.07. The third-order valence-electron chi connectivity index (χ3n) is 0.896. The van der Waals surface area contributed by atoms with Gasteiger partial charge in [0.25, 0.3) is 7.52 Å². The normalized spacial score (nSPS) is 25.8. The second-order valence-electron chi connectivity index (χ2n) is 1.74. The van der Waals surface area contributed by atoms with Gasteiger partial charge >= 0.3 is 0 Å². The van der Waals surface area contributed by atoms with Crippen molar-refractivity contribution in [2.45, 2.75) is 0 Å². The molecule has 0 fully saturated rings. The van der Waals surface area contributed by atoms with Gasteiger partial charge < -0.3 is 4.52 Å². The molecule has 8 heavy (non-hydrogen) atoms. The Labute approximate surface area is 54.4 Å². The predicted octanol–water partition coefficient (Wildman–Crippen LogP) is 1.02. The van der Waals surface area contributed by atoms with Crippen molar-refractivity contribution in [2.75, 3.05) is 27.8 Å². The molecule has 0 aliphatic carbocycles. The van der Waals surface area contributed by atoms with E-state index < -0.39 is 14.6 Å². The Hall–Kier alpha value is 0.150. The molecule has 1 atom stereocenters. The molecular formula is C4H12NO2P. The summed E-state index contributed by atoms with van der Waals surface area (Å²) in [5, 5.41) is 0. The van der Waals surface area contributed by atoms with Crippen LogP contribution in [0.3, 0.4) is 0 Å². The number of nitrogens with zero attached hydrogens (tertiary/aromatic N) is 1. The van der Waals surface area contributed by atoms with Gasteiger partial charge in [-0.05, 0) is 14.1 Å². The minimum absolute atomic E-state index is 1.26. The molecule has 0 rings (SSSR count). The Balaban J connectivity index is 4.26. The smallest absolute Gasteiger partial charge is 0.268 e. The molecule has 0 aromatic carbocycles. The van der Waals surface area contributed by atoms with Gasteiger partial charge in [0.05, 0.1) is 4.11 Å². The molecule has 0 aliphatic heterocycles. The highest BCUT2D eigenvalue weighted by atomic mass is 31.2. The lowest BCUT2D eigenvalue weighted by Gasteiger charge is -2.17. The average molecular weight is 140 g/mol. The molecule has 3 nitrogen and oxygen atoms in total. The topological polar surface area (TPSA) is 29.5 Å². The fraction of sp³-hybridized carbons (Fsp3) is 1.00. The molecule has 0 aliphatic rings. The van der Waals surface area contributed by atoms with E-state index in [1.54, 1.807) is 0 Å². The lowest BCUT2D eigenvalue weighted by atomic mass is 11.3. The standard InChI is InChI=1S/C4H12NO2P/c1-5(2)8(4,6)7-3/h1-4H3/i3D3. The molecule has 0 amide bonds. The SMILES string of the molecule is [2H]C([2H])([2H])OP(C)(=O)N(C)C. The highest BCUT2D eigenvalue weighted by Crippen LogP contribution is 2.42. The van der Waals surface area contributed by atoms with Crippen LogP contribution >= 0.6 is 7.52 Å². The molecule has 0 N–H and O–H groups in total. The quantitative estimate of drug-likeness (QED) is 0.536. The first-order valence-corrected chi connectivity index (χ1v) is 4.14. The van der Waals surface area contributed by atoms with E-state index in [0.717, 1.165) is 0 Å². The van der Waals surface area contributed by atoms with E-state index >= 15 is 0 Å². The van der Waals surface area contributed by atoms with Crippen molar-refractivity contribution in [3.63, 3.8) is 0 Å². The zero-order chi connectivity index (χ0) is 9.28. The molecular weight excluding hydrogens is 125 g/mol. The summed E-state index contributed by atoms with van der Waals surface area (Å²) in [6.45, 7) is 1.26. The van der Waals surface area contributed by atoms with Gasteiger partial charge in [0.2, 0.25) is 0 Å². The van der Waals surface area contributed by atoms with Crippen LogP contribution in [0.25, 0.3) is 0 Å². The molecule has 4 heteroatoms. The second-order valence-corrected chi connectivity index (χ2v) is 4.33. The van der Waals surface area contributed by atoms with Crippen LogP contribution in [0.5, 0.6) is 0 Å². The van der Waals surface area contributed by atoms with E-state index in [1.165, 1.54) is 25.4 Å². The van der Waals surface area contributed by atoms with Crippen molar-refractivity contribution in [3.05, 3.63) is 0 Å². The summed E-state index contributed by atoms with van der Waals surface area (Å²) in [4.78, 5) is 0. The van der Waals surface area contributed by atoms with Crippen LogP contribution in [0.15, 0.2) is 0 Å². The summed E-state index contributed by atoms with van der Waals surface area (Å²) in [6, 6.07) is 0. The Kier molecular flexibility index (Phi) is 1.33. The molecule has 0 heterocycles. The maximum Gasteiger partial charge on any atom is 0.268 e. The molecule has 0 aromatic heterocycles. The van der Waals surface area contributed by atoms with Gasteiger partial charge in [0, 0.05) is 13.7 Å². The summed E-state index contributed by atoms with van der Waals surface area (Å²) in [5.41, 5.74) is 0. The summed E-state index contributed by atoms with van der Waals surface area (Å²) in [7, 11) is -2.69. The maximum atomic E-state index is 11.3. The molecule has 0 radical (unpaired) electrons. The van der Waals surface area contributed by atoms with E-state index in [1.807, 2.05) is 0 Å². The molecule has 50 valence electrons. The lowest BCUT2D eigenvalue weighted by molar-refractivity contribution is 0.351. The average Bonchev–Trinajstić information content (AvgIpc) is 1.56. The van der Waals surface area contributed by atoms with Crippen molar-refractivity contribution in [3.8, 4) is 0 Å². The number of hydrogen-bond acceptors (Lipinski definition) is 2. The van der Waals surface area contributed by atoms with Crippen molar-refractivity contribution in [1.82, 2.24) is 4.67 Å². The Bertz CT molecular complexity index is 179. The van der Waals surface area contributed by atoms with Crippen LogP contribution in [-0.2, 0) is 9.09 Å². The van der Waals surface area contributed by atoms with E-state index in [2.05, 4.69) is 4.52 Å². The van der Waals surface area contributed by atoms with Crippen LogP contribution in [0.2, 0.25) is 0 Å². The summed E-state index contributed by atoms with van der Waals surface area (Å²) in [5.74, 6) is 0. The first-order valence-electron chi connectivity index (χ1n) is 3.61. The first kappa shape index (κ1) is 4.04. The largest absolute Gasteiger partial charge is 0.321 e. The van der Waals surface area contributed by atoms with Gasteiger partial charge in [0.15, 0.2) is 0 Å². The highest BCUT2D eigenvalue weighted by molar-refractivity contribution is 7.55. The van der Waals surface area contributed by atoms with Crippen LogP contribution in [-0.4, -0.2) is 32.5 Å². The van der Waals surface area contributed by atoms with Crippen LogP contribution in [0, 0.1) is 0 Å². The third kappa shape index (κ3) is 1.95. The molecule has 1 unspecified atom stereocenters. The summed E-state index contributed by atoms with van der Waals surface area (Å²) < 4.78 is 37.0. The number of hydrogen-bond donors (Lipinski definition) is 0. The van der Waals surface area contributed by atoms with E-state index in [-0.39, 0.29) is 0 Å². The zero-order valence-electron chi connectivity index (χ0n) is 8.21. The Morgan fingerprint density at radius 3 is 2.38 bits per heavy atom. The van der Waals surface area contributed by atoms with E-state index in [4.69, 9.17) is 4.11 Å². The molecule has 0 saturated carbocycles. The van der Waals surface area contributed by atoms with Crippen LogP contribution in [0.4, 0.5) is 0 Å². The van der Waals surface area contributed by atoms with Gasteiger partial charge in [-0.1, -0.05) is 0 Å². The van der Waals surface area contributed by atoms with Gasteiger partial charge in [-0.2, -0.15) is 0 Å². The third-order valence-corrected chi connectivity index (χ3v) is 2.69. The fourth-order valence-electron chi connectivity index (χ4n) is 0.0816. The monoisotopic (exact) mass is 140 g/mol. The minimum atomic E-state index is -3.12. The minimum Gasteiger partial charge on any atom is -0.321 e. The van der Waals surface area contributed by atoms with Crippen molar-refractivity contribution in [2.24, 2.45) is 0 Å². The zero-order valence-corrected chi connectivity index (χ0v) is 6.11. The summed E-state index contributed by atoms with van der Waals surface area (Å²) in [6.07, 6.45) is 0. The summed E-state index contributed by atoms with van der Waals surface area (Å²) >= 11 is 0. The van der Waals surface area contributed by atoms with Crippen molar-refractivity contribution >= 4 is 7.52 Å². The second kappa shape index (κ2) is 2.62. The molecule has 0 saturated heterocycles. The molecule has 0 spiro atoms. The molecule has 0 aromatic rings. The van der Waals surface area contributed by atoms with Gasteiger partial charge in [-0.3, -0.25) is 4.57 Å². The van der Waals surface area contributed by atoms with E-state index in [0.29, 0.717) is 0 Å². The Morgan fingerprint density at radius 1 is 1.75 bits per heavy atom. The van der Waals surface area contributed by atoms with Crippen molar-refractivity contribution < 1.29 is 13.2 Å². The van der Waals surface area contributed by atoms with E-state index in [9.17, 15) is 4.57 Å². The van der Waals surface area contributed by atoms with Crippen LogP contribution in [0.1, 0.15) is 4.11 Å². The highest BCUT2D eigenvalue weighted by Gasteiger charge is 2.15. The van der Waals surface area contributed by atoms with Gasteiger partial charge in [0.1, 0.15) is 0 Å². The molecule has 0 bridgehead atoms. The fourth-order valence-corrected chi connectivity index (χ4v) is 0.245. The van der Waals surface area contributed by atoms with Gasteiger partial charge in [-0.25, -0.2) is 4.67 Å². The van der Waals surface area contributed by atoms with Crippen molar-refractivity contribution in [1.29, 1.82) is 0 Å². The first-order chi connectivity index (χ1) is 4.65. The van der Waals surface area contributed by atoms with Crippen LogP contribution < -0.4 is 0 Å². The Morgan fingerprint density at radius 2 is 2.25 bits per heavy atom. The number of rotatable bonds is 2. The maximum absolute atomic E-state index is 11.3.